The highest BCUT2D eigenvalue weighted by atomic mass is 15.0. The van der Waals surface area contributed by atoms with Gasteiger partial charge in [-0.2, -0.15) is 0 Å². The van der Waals surface area contributed by atoms with Crippen LogP contribution in [0.4, 0.5) is 0 Å². The summed E-state index contributed by atoms with van der Waals surface area (Å²) in [6.45, 7) is 0. The first-order valence-corrected chi connectivity index (χ1v) is 20.9. The van der Waals surface area contributed by atoms with Crippen molar-refractivity contribution in [2.45, 2.75) is 0 Å². The summed E-state index contributed by atoms with van der Waals surface area (Å²) < 4.78 is 2.32. The Kier molecular flexibility index (Phi) is 8.67. The van der Waals surface area contributed by atoms with E-state index in [1.165, 1.54) is 21.8 Å². The molecule has 5 aromatic heterocycles. The van der Waals surface area contributed by atoms with Crippen LogP contribution in [-0.2, 0) is 0 Å². The van der Waals surface area contributed by atoms with Crippen LogP contribution in [0, 0.1) is 0 Å². The van der Waals surface area contributed by atoms with Gasteiger partial charge < -0.3 is 4.57 Å². The van der Waals surface area contributed by atoms with Gasteiger partial charge in [0.05, 0.1) is 39.1 Å². The van der Waals surface area contributed by atoms with E-state index in [2.05, 4.69) is 161 Å². The third-order valence-electron chi connectivity index (χ3n) is 11.7. The minimum absolute atomic E-state index is 0.604. The van der Waals surface area contributed by atoms with Gasteiger partial charge in [0.25, 0.3) is 0 Å². The molecule has 0 aliphatic heterocycles. The van der Waals surface area contributed by atoms with Crippen molar-refractivity contribution in [1.29, 1.82) is 0 Å². The molecule has 12 rings (SSSR count). The molecule has 0 saturated heterocycles. The summed E-state index contributed by atoms with van der Waals surface area (Å²) in [4.78, 5) is 29.5. The Labute approximate surface area is 362 Å². The molecule has 0 radical (unpaired) electrons. The van der Waals surface area contributed by atoms with Crippen LogP contribution < -0.4 is 0 Å². The van der Waals surface area contributed by atoms with Crippen LogP contribution in [0.2, 0.25) is 0 Å². The zero-order chi connectivity index (χ0) is 41.7. The number of pyridine rings is 3. The summed E-state index contributed by atoms with van der Waals surface area (Å²) in [5.41, 5.74) is 13.8. The summed E-state index contributed by atoms with van der Waals surface area (Å²) in [5.74, 6) is 1.84. The number of hydrogen-bond donors (Lipinski definition) is 0. The van der Waals surface area contributed by atoms with Crippen molar-refractivity contribution in [3.05, 3.63) is 212 Å². The zero-order valence-electron chi connectivity index (χ0n) is 33.8. The van der Waals surface area contributed by atoms with E-state index in [1.54, 1.807) is 6.20 Å². The van der Waals surface area contributed by atoms with Crippen LogP contribution >= 0.6 is 0 Å². The Morgan fingerprint density at radius 2 is 0.825 bits per heavy atom. The molecule has 63 heavy (non-hydrogen) atoms. The van der Waals surface area contributed by atoms with E-state index in [4.69, 9.17) is 24.9 Å². The molecular weight excluding hydrogens is 771 g/mol. The predicted molar refractivity (Wildman–Crippen MR) is 255 cm³/mol. The molecule has 0 unspecified atom stereocenters. The highest BCUT2D eigenvalue weighted by Crippen LogP contribution is 2.34. The molecule has 0 fully saturated rings. The highest BCUT2D eigenvalue weighted by molar-refractivity contribution is 6.09. The second-order valence-corrected chi connectivity index (χ2v) is 15.6. The van der Waals surface area contributed by atoms with Gasteiger partial charge in [0, 0.05) is 55.7 Å². The fourth-order valence-corrected chi connectivity index (χ4v) is 8.52. The lowest BCUT2D eigenvalue weighted by molar-refractivity contribution is 1.07. The second kappa shape index (κ2) is 15.1. The molecule has 0 N–H and O–H groups in total. The van der Waals surface area contributed by atoms with Crippen LogP contribution in [-0.4, -0.2) is 34.5 Å². The van der Waals surface area contributed by atoms with Crippen LogP contribution in [0.25, 0.3) is 117 Å². The smallest absolute Gasteiger partial charge is 0.164 e. The largest absolute Gasteiger partial charge is 0.309 e. The fraction of sp³-hybridized carbons (Fsp3) is 0. The van der Waals surface area contributed by atoms with Crippen molar-refractivity contribution >= 4 is 43.6 Å². The number of rotatable bonds is 7. The number of benzene rings is 7. The second-order valence-electron chi connectivity index (χ2n) is 15.6. The molecule has 294 valence electrons. The van der Waals surface area contributed by atoms with Gasteiger partial charge in [0.2, 0.25) is 0 Å². The number of fused-ring (bicyclic) bond motifs is 5. The normalized spacial score (nSPS) is 11.5. The average Bonchev–Trinajstić information content (AvgIpc) is 3.70. The average molecular weight is 806 g/mol. The van der Waals surface area contributed by atoms with Crippen molar-refractivity contribution in [2.75, 3.05) is 0 Å². The molecule has 5 heterocycles. The minimum Gasteiger partial charge on any atom is -0.309 e. The quantitative estimate of drug-likeness (QED) is 0.160. The Hall–Kier alpha value is -8.68. The molecule has 0 amide bonds. The molecule has 7 nitrogen and oxygen atoms in total. The predicted octanol–water partition coefficient (Wildman–Crippen LogP) is 13.5. The first-order chi connectivity index (χ1) is 31.2. The maximum absolute atomic E-state index is 5.08. The number of para-hydroxylation sites is 2. The maximum atomic E-state index is 5.08. The summed E-state index contributed by atoms with van der Waals surface area (Å²) in [6.07, 6.45) is 1.80. The molecule has 0 aliphatic rings. The third-order valence-corrected chi connectivity index (χ3v) is 11.7. The lowest BCUT2D eigenvalue weighted by atomic mass is 10.0. The topological polar surface area (TPSA) is 82.3 Å². The van der Waals surface area contributed by atoms with Crippen molar-refractivity contribution in [1.82, 2.24) is 34.5 Å². The number of aromatic nitrogens is 7. The van der Waals surface area contributed by atoms with Crippen LogP contribution in [0.1, 0.15) is 0 Å². The third kappa shape index (κ3) is 6.65. The summed E-state index contributed by atoms with van der Waals surface area (Å²) in [5, 5.41) is 4.62. The fourth-order valence-electron chi connectivity index (χ4n) is 8.52. The Morgan fingerprint density at radius 1 is 0.302 bits per heavy atom. The Morgan fingerprint density at radius 3 is 1.52 bits per heavy atom. The first-order valence-electron chi connectivity index (χ1n) is 20.9. The summed E-state index contributed by atoms with van der Waals surface area (Å²) in [7, 11) is 0. The van der Waals surface area contributed by atoms with Crippen LogP contribution in [0.5, 0.6) is 0 Å². The van der Waals surface area contributed by atoms with Crippen molar-refractivity contribution in [2.24, 2.45) is 0 Å². The van der Waals surface area contributed by atoms with Gasteiger partial charge in [-0.05, 0) is 90.0 Å². The maximum Gasteiger partial charge on any atom is 0.164 e. The van der Waals surface area contributed by atoms with E-state index in [-0.39, 0.29) is 0 Å². The zero-order valence-corrected chi connectivity index (χ0v) is 33.8. The van der Waals surface area contributed by atoms with Gasteiger partial charge in [0.15, 0.2) is 17.5 Å². The van der Waals surface area contributed by atoms with Gasteiger partial charge in [0.1, 0.15) is 0 Å². The van der Waals surface area contributed by atoms with Gasteiger partial charge in [-0.25, -0.2) is 24.9 Å². The molecule has 0 atom stereocenters. The Bertz CT molecular complexity index is 3610. The van der Waals surface area contributed by atoms with Crippen LogP contribution in [0.15, 0.2) is 212 Å². The van der Waals surface area contributed by atoms with E-state index in [0.717, 1.165) is 78.0 Å². The van der Waals surface area contributed by atoms with Crippen molar-refractivity contribution in [3.8, 4) is 73.6 Å². The van der Waals surface area contributed by atoms with Gasteiger partial charge in [-0.3, -0.25) is 4.98 Å². The summed E-state index contributed by atoms with van der Waals surface area (Å²) in [6, 6.07) is 71.1. The monoisotopic (exact) mass is 805 g/mol. The first kappa shape index (κ1) is 36.2. The molecule has 0 saturated carbocycles. The standard InChI is InChI=1S/C56H35N7/c1-2-10-38(11-3-1)54-60-55(62-56(61-54)40-23-28-44(29-24-40)63-52-15-6-4-12-45(52)46-13-5-7-16-53(46)63)39-20-17-36(18-21-39)47-31-27-43-34-41(26-30-48(43)58-47)42-22-19-37-25-32-50(59-51(37)35-42)49-14-8-9-33-57-49/h1-35H. The van der Waals surface area contributed by atoms with Crippen LogP contribution in [0.3, 0.4) is 0 Å². The lowest BCUT2D eigenvalue weighted by Gasteiger charge is -2.11. The van der Waals surface area contributed by atoms with E-state index in [9.17, 15) is 0 Å². The summed E-state index contributed by atoms with van der Waals surface area (Å²) >= 11 is 0. The van der Waals surface area contributed by atoms with Gasteiger partial charge in [-0.15, -0.1) is 0 Å². The lowest BCUT2D eigenvalue weighted by Crippen LogP contribution is -2.00. The van der Waals surface area contributed by atoms with E-state index >= 15 is 0 Å². The van der Waals surface area contributed by atoms with E-state index in [1.807, 2.05) is 54.6 Å². The highest BCUT2D eigenvalue weighted by Gasteiger charge is 2.16. The van der Waals surface area contributed by atoms with Gasteiger partial charge >= 0.3 is 0 Å². The molecule has 7 heteroatoms. The minimum atomic E-state index is 0.604. The van der Waals surface area contributed by atoms with E-state index in [0.29, 0.717) is 17.5 Å². The SMILES string of the molecule is c1ccc(-c2nc(-c3ccc(-c4ccc5cc(-c6ccc7ccc(-c8ccccn8)nc7c6)ccc5n4)cc3)nc(-c3ccc(-n4c5ccccc5c5ccccc54)cc3)n2)cc1. The van der Waals surface area contributed by atoms with Crippen molar-refractivity contribution < 1.29 is 0 Å². The van der Waals surface area contributed by atoms with Gasteiger partial charge in [-0.1, -0.05) is 127 Å². The van der Waals surface area contributed by atoms with E-state index < -0.39 is 0 Å². The Balaban J connectivity index is 0.846. The number of nitrogens with zero attached hydrogens (tertiary/aromatic N) is 7. The molecule has 7 aromatic carbocycles. The number of hydrogen-bond acceptors (Lipinski definition) is 6. The molecular formula is C56H35N7. The molecule has 0 bridgehead atoms. The van der Waals surface area contributed by atoms with Crippen molar-refractivity contribution in [3.63, 3.8) is 0 Å². The molecule has 0 spiro atoms. The molecule has 0 aliphatic carbocycles. The molecule has 12 aromatic rings.